The van der Waals surface area contributed by atoms with E-state index in [9.17, 15) is 19.7 Å². The molecule has 0 radical (unpaired) electrons. The van der Waals surface area contributed by atoms with E-state index < -0.39 is 10.5 Å². The van der Waals surface area contributed by atoms with Crippen LogP contribution in [-0.4, -0.2) is 53.7 Å². The molecule has 0 bridgehead atoms. The highest BCUT2D eigenvalue weighted by Gasteiger charge is 2.29. The maximum Gasteiger partial charge on any atom is 0.410 e. The van der Waals surface area contributed by atoms with Gasteiger partial charge in [0.1, 0.15) is 11.4 Å². The number of piperidine rings is 1. The summed E-state index contributed by atoms with van der Waals surface area (Å²) in [6, 6.07) is 6.00. The van der Waals surface area contributed by atoms with Gasteiger partial charge in [0.25, 0.3) is 5.69 Å². The molecule has 0 aliphatic carbocycles. The van der Waals surface area contributed by atoms with Gasteiger partial charge in [0.05, 0.1) is 17.6 Å². The molecule has 160 valence electrons. The number of nitro benzene ring substituents is 1. The first-order valence-corrected chi connectivity index (χ1v) is 9.78. The van der Waals surface area contributed by atoms with Gasteiger partial charge in [-0.2, -0.15) is 0 Å². The van der Waals surface area contributed by atoms with Crippen molar-refractivity contribution in [1.29, 1.82) is 0 Å². The van der Waals surface area contributed by atoms with Crippen LogP contribution in [0, 0.1) is 16.0 Å². The fraction of sp³-hybridized carbons (Fsp3) is 0.600. The van der Waals surface area contributed by atoms with Gasteiger partial charge in [-0.05, 0) is 46.1 Å². The number of ether oxygens (including phenoxy) is 2. The number of benzene rings is 1. The van der Waals surface area contributed by atoms with Crippen LogP contribution in [0.4, 0.5) is 10.5 Å². The van der Waals surface area contributed by atoms with Crippen molar-refractivity contribution in [1.82, 2.24) is 10.2 Å². The van der Waals surface area contributed by atoms with Crippen molar-refractivity contribution in [3.63, 3.8) is 0 Å². The first kappa shape index (κ1) is 22.4. The number of hydrogen-bond donors (Lipinski definition) is 1. The van der Waals surface area contributed by atoms with E-state index in [2.05, 4.69) is 5.32 Å². The van der Waals surface area contributed by atoms with Gasteiger partial charge in [-0.15, -0.1) is 0 Å². The quantitative estimate of drug-likeness (QED) is 0.422. The van der Waals surface area contributed by atoms with Gasteiger partial charge in [0.2, 0.25) is 5.91 Å². The third-order valence-corrected chi connectivity index (χ3v) is 4.43. The van der Waals surface area contributed by atoms with E-state index in [-0.39, 0.29) is 23.6 Å². The number of carbonyl (C=O) groups is 2. The number of likely N-dealkylation sites (tertiary alicyclic amines) is 1. The van der Waals surface area contributed by atoms with Crippen molar-refractivity contribution < 1.29 is 24.0 Å². The predicted molar refractivity (Wildman–Crippen MR) is 107 cm³/mol. The average molecular weight is 407 g/mol. The van der Waals surface area contributed by atoms with Gasteiger partial charge >= 0.3 is 6.09 Å². The van der Waals surface area contributed by atoms with E-state index in [1.807, 2.05) is 20.8 Å². The number of non-ortho nitro benzene ring substituents is 1. The van der Waals surface area contributed by atoms with E-state index in [0.717, 1.165) is 0 Å². The van der Waals surface area contributed by atoms with Crippen LogP contribution in [-0.2, 0) is 9.53 Å². The Kier molecular flexibility index (Phi) is 7.81. The number of nitro groups is 1. The molecule has 1 fully saturated rings. The van der Waals surface area contributed by atoms with E-state index in [1.165, 1.54) is 12.1 Å². The van der Waals surface area contributed by atoms with Gasteiger partial charge < -0.3 is 19.7 Å². The SMILES string of the molecule is CC(C)(C)OC(=O)N1CCC(C(=O)NCCCOc2cccc([N+](=O)[O-])c2)CC1. The third kappa shape index (κ3) is 7.59. The number of nitrogens with zero attached hydrogens (tertiary/aromatic N) is 2. The van der Waals surface area contributed by atoms with E-state index >= 15 is 0 Å². The number of hydrogen-bond acceptors (Lipinski definition) is 6. The molecule has 1 aromatic rings. The summed E-state index contributed by atoms with van der Waals surface area (Å²) in [5.74, 6) is 0.288. The van der Waals surface area contributed by atoms with Crippen LogP contribution in [0.3, 0.4) is 0 Å². The Balaban J connectivity index is 1.63. The summed E-state index contributed by atoms with van der Waals surface area (Å²) >= 11 is 0. The lowest BCUT2D eigenvalue weighted by molar-refractivity contribution is -0.384. The number of carbonyl (C=O) groups excluding carboxylic acids is 2. The summed E-state index contributed by atoms with van der Waals surface area (Å²) in [6.07, 6.45) is 1.46. The van der Waals surface area contributed by atoms with E-state index in [1.54, 1.807) is 17.0 Å². The highest BCUT2D eigenvalue weighted by atomic mass is 16.6. The molecule has 1 heterocycles. The van der Waals surface area contributed by atoms with Gasteiger partial charge in [-0.3, -0.25) is 14.9 Å². The third-order valence-electron chi connectivity index (χ3n) is 4.43. The Morgan fingerprint density at radius 1 is 1.28 bits per heavy atom. The zero-order valence-corrected chi connectivity index (χ0v) is 17.2. The van der Waals surface area contributed by atoms with Crippen molar-refractivity contribution >= 4 is 17.7 Å². The molecule has 0 spiro atoms. The van der Waals surface area contributed by atoms with E-state index in [4.69, 9.17) is 9.47 Å². The summed E-state index contributed by atoms with van der Waals surface area (Å²) in [7, 11) is 0. The Morgan fingerprint density at radius 3 is 2.59 bits per heavy atom. The first-order chi connectivity index (χ1) is 13.7. The summed E-state index contributed by atoms with van der Waals surface area (Å²) in [4.78, 5) is 36.3. The van der Waals surface area contributed by atoms with Crippen molar-refractivity contribution in [2.45, 2.75) is 45.6 Å². The number of rotatable bonds is 7. The van der Waals surface area contributed by atoms with Crippen LogP contribution >= 0.6 is 0 Å². The smallest absolute Gasteiger partial charge is 0.410 e. The zero-order chi connectivity index (χ0) is 21.4. The Labute approximate surface area is 170 Å². The lowest BCUT2D eigenvalue weighted by atomic mass is 9.96. The summed E-state index contributed by atoms with van der Waals surface area (Å²) in [5.41, 5.74) is -0.550. The van der Waals surface area contributed by atoms with Crippen molar-refractivity contribution in [3.8, 4) is 5.75 Å². The van der Waals surface area contributed by atoms with Crippen molar-refractivity contribution in [3.05, 3.63) is 34.4 Å². The summed E-state index contributed by atoms with van der Waals surface area (Å²) in [6.45, 7) is 7.29. The summed E-state index contributed by atoms with van der Waals surface area (Å²) < 4.78 is 10.8. The molecule has 9 nitrogen and oxygen atoms in total. The van der Waals surface area contributed by atoms with Crippen LogP contribution in [0.2, 0.25) is 0 Å². The molecule has 0 unspecified atom stereocenters. The average Bonchev–Trinajstić information content (AvgIpc) is 2.66. The Bertz CT molecular complexity index is 723. The van der Waals surface area contributed by atoms with Gasteiger partial charge in [-0.25, -0.2) is 4.79 Å². The Hall–Kier alpha value is -2.84. The second kappa shape index (κ2) is 10.1. The molecule has 1 aromatic carbocycles. The van der Waals surface area contributed by atoms with Crippen LogP contribution in [0.15, 0.2) is 24.3 Å². The number of amides is 2. The lowest BCUT2D eigenvalue weighted by Crippen LogP contribution is -2.45. The fourth-order valence-corrected chi connectivity index (χ4v) is 2.96. The maximum absolute atomic E-state index is 12.3. The molecule has 0 atom stereocenters. The minimum absolute atomic E-state index is 0.0199. The van der Waals surface area contributed by atoms with Gasteiger partial charge in [-0.1, -0.05) is 6.07 Å². The fourth-order valence-electron chi connectivity index (χ4n) is 2.96. The molecular formula is C20H29N3O6. The van der Waals surface area contributed by atoms with Crippen LogP contribution in [0.5, 0.6) is 5.75 Å². The zero-order valence-electron chi connectivity index (χ0n) is 17.2. The van der Waals surface area contributed by atoms with Crippen LogP contribution < -0.4 is 10.1 Å². The minimum Gasteiger partial charge on any atom is -0.493 e. The largest absolute Gasteiger partial charge is 0.493 e. The molecule has 2 rings (SSSR count). The van der Waals surface area contributed by atoms with Gasteiger partial charge in [0, 0.05) is 31.6 Å². The molecule has 1 N–H and O–H groups in total. The van der Waals surface area contributed by atoms with Crippen LogP contribution in [0.1, 0.15) is 40.0 Å². The van der Waals surface area contributed by atoms with E-state index in [0.29, 0.717) is 51.3 Å². The second-order valence-electron chi connectivity index (χ2n) is 7.99. The van der Waals surface area contributed by atoms with Crippen LogP contribution in [0.25, 0.3) is 0 Å². The molecule has 0 saturated carbocycles. The second-order valence-corrected chi connectivity index (χ2v) is 7.99. The first-order valence-electron chi connectivity index (χ1n) is 9.78. The predicted octanol–water partition coefficient (Wildman–Crippen LogP) is 3.13. The monoisotopic (exact) mass is 407 g/mol. The highest BCUT2D eigenvalue weighted by molar-refractivity contribution is 5.79. The lowest BCUT2D eigenvalue weighted by Gasteiger charge is -2.32. The van der Waals surface area contributed by atoms with Crippen molar-refractivity contribution in [2.24, 2.45) is 5.92 Å². The van der Waals surface area contributed by atoms with Crippen molar-refractivity contribution in [2.75, 3.05) is 26.2 Å². The maximum atomic E-state index is 12.3. The van der Waals surface area contributed by atoms with Gasteiger partial charge in [0.15, 0.2) is 0 Å². The molecule has 1 saturated heterocycles. The minimum atomic E-state index is -0.530. The standard InChI is InChI=1S/C20H29N3O6/c1-20(2,3)29-19(25)22-11-8-15(9-12-22)18(24)21-10-5-13-28-17-7-4-6-16(14-17)23(26)27/h4,6-7,14-15H,5,8-13H2,1-3H3,(H,21,24). The molecular weight excluding hydrogens is 378 g/mol. The molecule has 0 aromatic heterocycles. The normalized spacial score (nSPS) is 14.9. The molecule has 1 aliphatic rings. The molecule has 2 amide bonds. The summed E-state index contributed by atoms with van der Waals surface area (Å²) in [5, 5.41) is 13.6. The molecule has 9 heteroatoms. The Morgan fingerprint density at radius 2 is 1.97 bits per heavy atom. The highest BCUT2D eigenvalue weighted by Crippen LogP contribution is 2.20. The molecule has 29 heavy (non-hydrogen) atoms. The number of nitrogens with one attached hydrogen (secondary N) is 1. The topological polar surface area (TPSA) is 111 Å². The molecule has 1 aliphatic heterocycles.